The summed E-state index contributed by atoms with van der Waals surface area (Å²) in [5, 5.41) is 32.3. The average Bonchev–Trinajstić information content (AvgIpc) is 3.48. The highest BCUT2D eigenvalue weighted by molar-refractivity contribution is 5.90. The van der Waals surface area contributed by atoms with E-state index in [2.05, 4.69) is 84.9 Å². The van der Waals surface area contributed by atoms with Gasteiger partial charge in [-0.3, -0.25) is 4.79 Å². The fourth-order valence-corrected chi connectivity index (χ4v) is 14.8. The number of aliphatic hydroxyl groups is 3. The number of ether oxygens (including phenoxy) is 4. The van der Waals surface area contributed by atoms with Crippen molar-refractivity contribution in [1.29, 1.82) is 0 Å². The standard InChI is InChI=1S/C63H70O11/c1-37(34-65)49-24-16-38-14-17-41(18-15-38)50-25-21-45(44-13-6-10-40(31-44)30-39-8-4-3-5-9-39)32-47(50)33-54(67)71-59-56-53(27-26-51-52(35-66)55(62(69)72-58(51)56)46(28-29-64)36-70-2)74-63(60(59)73-61(49)68)48-22-19-42-11-7-12-43(20-23-48)57(42)63/h3-6,8-10,13-15,17-19,22,26-27,31,42-43,45-48,50,57,59-60,64-66H,7,11-12,16,20-21,23-25,28-30,32-36H2,1-2H3/b49-37-/t42-,43+,45+,46-,47+,48-,50-,57+,59-,60+,63+/m1/s1. The monoisotopic (exact) mass is 1000 g/mol. The number of rotatable bonds is 10. The number of benzene rings is 4. The van der Waals surface area contributed by atoms with E-state index in [4.69, 9.17) is 23.4 Å². The fraction of sp³-hybridized carbons (Fsp3) is 0.476. The number of esters is 2. The molecule has 7 aliphatic rings. The van der Waals surface area contributed by atoms with Crippen molar-refractivity contribution in [1.82, 2.24) is 0 Å². The van der Waals surface area contributed by atoms with Gasteiger partial charge in [-0.15, -0.1) is 0 Å². The molecule has 388 valence electrons. The normalized spacial score (nSPS) is 29.6. The highest BCUT2D eigenvalue weighted by Gasteiger charge is 2.67. The Balaban J connectivity index is 1.07. The van der Waals surface area contributed by atoms with Crippen LogP contribution in [-0.4, -0.2) is 65.9 Å². The van der Waals surface area contributed by atoms with Crippen molar-refractivity contribution in [2.75, 3.05) is 26.9 Å². The molecule has 3 aliphatic heterocycles. The smallest absolute Gasteiger partial charge is 0.340 e. The van der Waals surface area contributed by atoms with Crippen molar-refractivity contribution in [2.24, 2.45) is 29.6 Å². The maximum atomic E-state index is 15.5. The van der Waals surface area contributed by atoms with E-state index in [1.54, 1.807) is 13.0 Å². The number of hydrogen-bond acceptors (Lipinski definition) is 11. The molecule has 11 heteroatoms. The van der Waals surface area contributed by atoms with Crippen LogP contribution in [0.25, 0.3) is 11.0 Å². The molecule has 0 amide bonds. The summed E-state index contributed by atoms with van der Waals surface area (Å²) in [6.07, 6.45) is 11.3. The molecule has 0 radical (unpaired) electrons. The second-order valence-corrected chi connectivity index (χ2v) is 22.2. The van der Waals surface area contributed by atoms with Crippen LogP contribution in [0.5, 0.6) is 5.75 Å². The highest BCUT2D eigenvalue weighted by atomic mass is 16.6. The summed E-state index contributed by atoms with van der Waals surface area (Å²) < 4.78 is 33.6. The molecule has 4 heterocycles. The molecule has 4 aromatic carbocycles. The van der Waals surface area contributed by atoms with Gasteiger partial charge >= 0.3 is 17.6 Å². The second kappa shape index (κ2) is 21.4. The van der Waals surface area contributed by atoms with Crippen LogP contribution < -0.4 is 10.4 Å². The third kappa shape index (κ3) is 9.26. The van der Waals surface area contributed by atoms with Crippen molar-refractivity contribution in [3.63, 3.8) is 0 Å². The SMILES string of the molecule is COC[C@@H](CCO)c1c(CO)c2ccc3c(c2oc1=O)[C@H]1OC(=O)C[C@@H]2C[C@@H](c4cccc(Cc5ccccc5)c4)CC[C@@H]2c2ccc(cc2)CC/C(=C(\C)CO)C(=O)O[C@@H]1[C@@]1(O3)[C@@H]2[C@H]3CCC[C@@H]2C=C[C@@H]1CC3. The molecule has 1 spiro atoms. The maximum absolute atomic E-state index is 15.5. The van der Waals surface area contributed by atoms with Gasteiger partial charge in [-0.1, -0.05) is 97.4 Å². The quantitative estimate of drug-likeness (QED) is 0.0528. The van der Waals surface area contributed by atoms with Crippen LogP contribution in [0.1, 0.15) is 146 Å². The lowest BCUT2D eigenvalue weighted by Gasteiger charge is -2.62. The number of aryl methyl sites for hydroxylation is 1. The predicted octanol–water partition coefficient (Wildman–Crippen LogP) is 10.6. The summed E-state index contributed by atoms with van der Waals surface area (Å²) in [7, 11) is 1.52. The second-order valence-electron chi connectivity index (χ2n) is 22.2. The number of fused-ring (bicyclic) bond motifs is 11. The molecule has 4 aliphatic carbocycles. The van der Waals surface area contributed by atoms with Gasteiger partial charge in [0, 0.05) is 54.4 Å². The van der Waals surface area contributed by atoms with Crippen LogP contribution in [0.15, 0.2) is 124 Å². The average molecular weight is 1000 g/mol. The van der Waals surface area contributed by atoms with E-state index >= 15 is 9.59 Å². The Kier molecular flexibility index (Phi) is 14.6. The highest BCUT2D eigenvalue weighted by Crippen LogP contribution is 2.63. The fourth-order valence-electron chi connectivity index (χ4n) is 14.8. The van der Waals surface area contributed by atoms with Crippen LogP contribution in [0.2, 0.25) is 0 Å². The molecule has 4 bridgehead atoms. The Morgan fingerprint density at radius 1 is 0.811 bits per heavy atom. The van der Waals surface area contributed by atoms with Crippen LogP contribution in [-0.2, 0) is 43.2 Å². The Morgan fingerprint density at radius 3 is 2.42 bits per heavy atom. The van der Waals surface area contributed by atoms with E-state index in [1.165, 1.54) is 23.8 Å². The molecule has 5 aromatic rings. The zero-order chi connectivity index (χ0) is 51.1. The third-order valence-corrected chi connectivity index (χ3v) is 18.2. The minimum absolute atomic E-state index is 0.0628. The molecule has 11 atom stereocenters. The van der Waals surface area contributed by atoms with Gasteiger partial charge in [-0.2, -0.15) is 0 Å². The van der Waals surface area contributed by atoms with E-state index in [1.807, 2.05) is 12.1 Å². The lowest BCUT2D eigenvalue weighted by Crippen LogP contribution is -2.69. The van der Waals surface area contributed by atoms with Crippen molar-refractivity contribution in [2.45, 2.75) is 133 Å². The van der Waals surface area contributed by atoms with Gasteiger partial charge in [-0.25, -0.2) is 9.59 Å². The van der Waals surface area contributed by atoms with E-state index in [0.29, 0.717) is 40.7 Å². The number of carbonyl (C=O) groups is 2. The summed E-state index contributed by atoms with van der Waals surface area (Å²) in [6.45, 7) is 0.759. The zero-order valence-electron chi connectivity index (χ0n) is 42.7. The van der Waals surface area contributed by atoms with Gasteiger partial charge in [0.25, 0.3) is 0 Å². The molecular formula is C63H70O11. The number of hydrogen-bond donors (Lipinski definition) is 3. The van der Waals surface area contributed by atoms with Gasteiger partial charge in [0.1, 0.15) is 11.3 Å². The van der Waals surface area contributed by atoms with E-state index < -0.39 is 47.9 Å². The van der Waals surface area contributed by atoms with Gasteiger partial charge in [0.15, 0.2) is 17.8 Å². The van der Waals surface area contributed by atoms with Crippen molar-refractivity contribution in [3.8, 4) is 5.75 Å². The van der Waals surface area contributed by atoms with Crippen LogP contribution in [0, 0.1) is 29.6 Å². The largest absolute Gasteiger partial charge is 0.482 e. The first-order chi connectivity index (χ1) is 36.1. The molecule has 0 saturated heterocycles. The molecule has 74 heavy (non-hydrogen) atoms. The van der Waals surface area contributed by atoms with Crippen LogP contribution >= 0.6 is 0 Å². The van der Waals surface area contributed by atoms with Gasteiger partial charge in [0.05, 0.1) is 25.4 Å². The third-order valence-electron chi connectivity index (χ3n) is 18.2. The Morgan fingerprint density at radius 2 is 1.64 bits per heavy atom. The molecule has 11 nitrogen and oxygen atoms in total. The minimum Gasteiger partial charge on any atom is -0.482 e. The first-order valence-corrected chi connectivity index (χ1v) is 27.2. The summed E-state index contributed by atoms with van der Waals surface area (Å²) in [5.41, 5.74) is 5.78. The molecule has 0 unspecified atom stereocenters. The number of aliphatic hydroxyl groups excluding tert-OH is 3. The molecule has 1 aromatic heterocycles. The first-order valence-electron chi connectivity index (χ1n) is 27.2. The summed E-state index contributed by atoms with van der Waals surface area (Å²) in [4.78, 5) is 45.4. The Labute approximate surface area is 433 Å². The van der Waals surface area contributed by atoms with Gasteiger partial charge < -0.3 is 38.7 Å². The van der Waals surface area contributed by atoms with E-state index in [0.717, 1.165) is 68.9 Å². The van der Waals surface area contributed by atoms with Crippen LogP contribution in [0.4, 0.5) is 0 Å². The Bertz CT molecular complexity index is 2980. The molecular weight excluding hydrogens is 933 g/mol. The number of carbonyl (C=O) groups excluding carboxylic acids is 2. The van der Waals surface area contributed by atoms with E-state index in [-0.39, 0.29) is 90.8 Å². The molecule has 3 saturated carbocycles. The van der Waals surface area contributed by atoms with Crippen molar-refractivity contribution in [3.05, 3.63) is 169 Å². The Hall–Kier alpha value is -5.85. The number of allylic oxidation sites excluding steroid dienone is 1. The molecule has 3 fully saturated rings. The predicted molar refractivity (Wildman–Crippen MR) is 281 cm³/mol. The number of methoxy groups -OCH3 is 1. The lowest BCUT2D eigenvalue weighted by atomic mass is 9.50. The maximum Gasteiger partial charge on any atom is 0.340 e. The van der Waals surface area contributed by atoms with Gasteiger partial charge in [0.2, 0.25) is 0 Å². The minimum atomic E-state index is -1.30. The van der Waals surface area contributed by atoms with Crippen molar-refractivity contribution < 1.29 is 48.3 Å². The van der Waals surface area contributed by atoms with Gasteiger partial charge in [-0.05, 0) is 158 Å². The van der Waals surface area contributed by atoms with E-state index in [9.17, 15) is 20.1 Å². The first kappa shape index (κ1) is 50.3. The molecule has 3 N–H and O–H groups in total. The summed E-state index contributed by atoms with van der Waals surface area (Å²) in [5.74, 6) is -1.06. The topological polar surface area (TPSA) is 162 Å². The van der Waals surface area contributed by atoms with Crippen molar-refractivity contribution >= 4 is 22.9 Å². The summed E-state index contributed by atoms with van der Waals surface area (Å²) >= 11 is 0. The lowest BCUT2D eigenvalue weighted by molar-refractivity contribution is -0.235. The molecule has 12 rings (SSSR count). The van der Waals surface area contributed by atoms with Crippen LogP contribution in [0.3, 0.4) is 0 Å². The zero-order valence-corrected chi connectivity index (χ0v) is 42.7. The summed E-state index contributed by atoms with van der Waals surface area (Å²) in [6, 6.07) is 31.6.